The summed E-state index contributed by atoms with van der Waals surface area (Å²) < 4.78 is 13.3. The number of halogens is 2. The molecule has 2 aromatic rings. The lowest BCUT2D eigenvalue weighted by Gasteiger charge is -2.12. The van der Waals surface area contributed by atoms with E-state index in [4.69, 9.17) is 11.6 Å². The van der Waals surface area contributed by atoms with Crippen LogP contribution >= 0.6 is 11.6 Å². The number of aryl methyl sites for hydroxylation is 1. The van der Waals surface area contributed by atoms with Gasteiger partial charge in [0.15, 0.2) is 0 Å². The van der Waals surface area contributed by atoms with Crippen molar-refractivity contribution < 1.29 is 9.50 Å². The summed E-state index contributed by atoms with van der Waals surface area (Å²) in [5, 5.41) is 10.1. The number of aliphatic hydroxyl groups excluding tert-OH is 1. The van der Waals surface area contributed by atoms with Gasteiger partial charge in [0.1, 0.15) is 5.82 Å². The molecule has 0 spiro atoms. The molecule has 0 radical (unpaired) electrons. The monoisotopic (exact) mass is 265 g/mol. The lowest BCUT2D eigenvalue weighted by molar-refractivity contribution is 0.176. The van der Waals surface area contributed by atoms with Crippen molar-refractivity contribution in [2.45, 2.75) is 19.4 Å². The summed E-state index contributed by atoms with van der Waals surface area (Å²) >= 11 is 5.60. The Bertz CT molecular complexity index is 559. The molecule has 1 atom stereocenters. The van der Waals surface area contributed by atoms with Crippen LogP contribution in [-0.2, 0) is 6.42 Å². The van der Waals surface area contributed by atoms with E-state index in [1.54, 1.807) is 12.3 Å². The van der Waals surface area contributed by atoms with Gasteiger partial charge in [0, 0.05) is 18.3 Å². The van der Waals surface area contributed by atoms with Crippen molar-refractivity contribution in [3.05, 3.63) is 64.2 Å². The van der Waals surface area contributed by atoms with Crippen LogP contribution in [-0.4, -0.2) is 10.1 Å². The van der Waals surface area contributed by atoms with Crippen LogP contribution in [0.3, 0.4) is 0 Å². The van der Waals surface area contributed by atoms with Crippen molar-refractivity contribution in [1.82, 2.24) is 4.98 Å². The van der Waals surface area contributed by atoms with Gasteiger partial charge in [-0.2, -0.15) is 0 Å². The second-order valence-corrected chi connectivity index (χ2v) is 4.57. The van der Waals surface area contributed by atoms with Gasteiger partial charge < -0.3 is 5.11 Å². The number of aliphatic hydroxyl groups is 1. The molecule has 1 unspecified atom stereocenters. The van der Waals surface area contributed by atoms with Gasteiger partial charge in [0.05, 0.1) is 11.1 Å². The van der Waals surface area contributed by atoms with Crippen molar-refractivity contribution in [3.63, 3.8) is 0 Å². The molecule has 0 aliphatic carbocycles. The van der Waals surface area contributed by atoms with Crippen LogP contribution in [0, 0.1) is 12.7 Å². The Kier molecular flexibility index (Phi) is 3.94. The molecule has 0 saturated carbocycles. The average Bonchev–Trinajstić information content (AvgIpc) is 2.35. The molecule has 18 heavy (non-hydrogen) atoms. The standard InChI is InChI=1S/C14H13ClFNO/c1-9-3-2-6-17-13(9)8-14(18)10-4-5-11(15)12(16)7-10/h2-7,14,18H,8H2,1H3. The Balaban J connectivity index is 2.19. The minimum Gasteiger partial charge on any atom is -0.388 e. The quantitative estimate of drug-likeness (QED) is 0.922. The van der Waals surface area contributed by atoms with Gasteiger partial charge in [-0.3, -0.25) is 4.98 Å². The van der Waals surface area contributed by atoms with Gasteiger partial charge in [0.25, 0.3) is 0 Å². The maximum atomic E-state index is 13.3. The zero-order chi connectivity index (χ0) is 13.1. The van der Waals surface area contributed by atoms with E-state index < -0.39 is 11.9 Å². The van der Waals surface area contributed by atoms with Crippen LogP contribution in [0.2, 0.25) is 5.02 Å². The lowest BCUT2D eigenvalue weighted by atomic mass is 10.0. The Morgan fingerprint density at radius 2 is 2.17 bits per heavy atom. The SMILES string of the molecule is Cc1cccnc1CC(O)c1ccc(Cl)c(F)c1. The zero-order valence-electron chi connectivity index (χ0n) is 9.90. The zero-order valence-corrected chi connectivity index (χ0v) is 10.7. The van der Waals surface area contributed by atoms with Crippen LogP contribution in [0.1, 0.15) is 22.9 Å². The second-order valence-electron chi connectivity index (χ2n) is 4.16. The molecule has 2 rings (SSSR count). The maximum absolute atomic E-state index is 13.3. The number of nitrogens with zero attached hydrogens (tertiary/aromatic N) is 1. The van der Waals surface area contributed by atoms with Crippen LogP contribution in [0.4, 0.5) is 4.39 Å². The molecule has 0 aliphatic rings. The van der Waals surface area contributed by atoms with Crippen LogP contribution in [0.5, 0.6) is 0 Å². The summed E-state index contributed by atoms with van der Waals surface area (Å²) in [6.07, 6.45) is 1.25. The van der Waals surface area contributed by atoms with Crippen molar-refractivity contribution in [3.8, 4) is 0 Å². The van der Waals surface area contributed by atoms with Crippen molar-refractivity contribution >= 4 is 11.6 Å². The van der Waals surface area contributed by atoms with Gasteiger partial charge >= 0.3 is 0 Å². The summed E-state index contributed by atoms with van der Waals surface area (Å²) in [4.78, 5) is 4.20. The van der Waals surface area contributed by atoms with Crippen molar-refractivity contribution in [1.29, 1.82) is 0 Å². The lowest BCUT2D eigenvalue weighted by Crippen LogP contribution is -2.05. The van der Waals surface area contributed by atoms with E-state index in [0.29, 0.717) is 12.0 Å². The van der Waals surface area contributed by atoms with E-state index in [9.17, 15) is 9.50 Å². The number of aromatic nitrogens is 1. The molecule has 94 valence electrons. The highest BCUT2D eigenvalue weighted by Crippen LogP contribution is 2.23. The van der Waals surface area contributed by atoms with Gasteiger partial charge in [0.2, 0.25) is 0 Å². The topological polar surface area (TPSA) is 33.1 Å². The summed E-state index contributed by atoms with van der Waals surface area (Å²) in [5.41, 5.74) is 2.31. The van der Waals surface area contributed by atoms with Crippen LogP contribution < -0.4 is 0 Å². The third-order valence-corrected chi connectivity index (χ3v) is 3.14. The van der Waals surface area contributed by atoms with E-state index in [0.717, 1.165) is 11.3 Å². The third-order valence-electron chi connectivity index (χ3n) is 2.83. The van der Waals surface area contributed by atoms with Crippen LogP contribution in [0.25, 0.3) is 0 Å². The molecule has 0 bridgehead atoms. The molecule has 1 heterocycles. The predicted molar refractivity (Wildman–Crippen MR) is 69.0 cm³/mol. The molecule has 4 heteroatoms. The van der Waals surface area contributed by atoms with Gasteiger partial charge in [-0.15, -0.1) is 0 Å². The largest absolute Gasteiger partial charge is 0.388 e. The fourth-order valence-corrected chi connectivity index (χ4v) is 1.87. The van der Waals surface area contributed by atoms with E-state index in [-0.39, 0.29) is 5.02 Å². The van der Waals surface area contributed by atoms with E-state index >= 15 is 0 Å². The normalized spacial score (nSPS) is 12.4. The van der Waals surface area contributed by atoms with Gasteiger partial charge in [-0.25, -0.2) is 4.39 Å². The molecule has 1 N–H and O–H groups in total. The molecule has 1 aromatic carbocycles. The highest BCUT2D eigenvalue weighted by Gasteiger charge is 2.12. The summed E-state index contributed by atoms with van der Waals surface area (Å²) in [7, 11) is 0. The molecule has 0 saturated heterocycles. The van der Waals surface area contributed by atoms with Crippen molar-refractivity contribution in [2.24, 2.45) is 0 Å². The fraction of sp³-hybridized carbons (Fsp3) is 0.214. The fourth-order valence-electron chi connectivity index (χ4n) is 1.75. The Labute approximate surface area is 110 Å². The molecule has 1 aromatic heterocycles. The minimum absolute atomic E-state index is 0.0555. The van der Waals surface area contributed by atoms with E-state index in [1.807, 2.05) is 19.1 Å². The molecule has 0 amide bonds. The number of pyridine rings is 1. The van der Waals surface area contributed by atoms with Crippen LogP contribution in [0.15, 0.2) is 36.5 Å². The highest BCUT2D eigenvalue weighted by molar-refractivity contribution is 6.30. The second kappa shape index (κ2) is 5.46. The number of hydrogen-bond donors (Lipinski definition) is 1. The first-order valence-corrected chi connectivity index (χ1v) is 5.99. The molecule has 0 fully saturated rings. The van der Waals surface area contributed by atoms with Gasteiger partial charge in [-0.05, 0) is 36.2 Å². The highest BCUT2D eigenvalue weighted by atomic mass is 35.5. The first-order chi connectivity index (χ1) is 8.58. The Morgan fingerprint density at radius 1 is 1.39 bits per heavy atom. The predicted octanol–water partition coefficient (Wildman–Crippen LogP) is 3.46. The first-order valence-electron chi connectivity index (χ1n) is 5.61. The summed E-state index contributed by atoms with van der Waals surface area (Å²) in [5.74, 6) is -0.522. The Morgan fingerprint density at radius 3 is 2.83 bits per heavy atom. The molecular formula is C14H13ClFNO. The smallest absolute Gasteiger partial charge is 0.142 e. The molecular weight excluding hydrogens is 253 g/mol. The van der Waals surface area contributed by atoms with E-state index in [1.165, 1.54) is 12.1 Å². The minimum atomic E-state index is -0.787. The maximum Gasteiger partial charge on any atom is 0.142 e. The number of hydrogen-bond acceptors (Lipinski definition) is 2. The molecule has 2 nitrogen and oxygen atoms in total. The summed E-state index contributed by atoms with van der Waals surface area (Å²) in [6.45, 7) is 1.93. The Hall–Kier alpha value is -1.45. The van der Waals surface area contributed by atoms with Crippen molar-refractivity contribution in [2.75, 3.05) is 0 Å². The number of rotatable bonds is 3. The summed E-state index contributed by atoms with van der Waals surface area (Å²) in [6, 6.07) is 8.09. The third kappa shape index (κ3) is 2.86. The number of benzene rings is 1. The molecule has 0 aliphatic heterocycles. The first kappa shape index (κ1) is 13.0. The van der Waals surface area contributed by atoms with Gasteiger partial charge in [-0.1, -0.05) is 23.7 Å². The average molecular weight is 266 g/mol. The van der Waals surface area contributed by atoms with E-state index in [2.05, 4.69) is 4.98 Å².